The van der Waals surface area contributed by atoms with Crippen LogP contribution in [0.4, 0.5) is 0 Å². The SMILES string of the molecule is CCCCCc1ccc(C(=O)N2CCSC2c2ccc(C)cc2C)cc1. The lowest BCUT2D eigenvalue weighted by Gasteiger charge is -2.25. The Balaban J connectivity index is 1.73. The lowest BCUT2D eigenvalue weighted by molar-refractivity contribution is 0.0760. The van der Waals surface area contributed by atoms with Gasteiger partial charge >= 0.3 is 0 Å². The van der Waals surface area contributed by atoms with Gasteiger partial charge in [-0.2, -0.15) is 0 Å². The number of amides is 1. The van der Waals surface area contributed by atoms with E-state index < -0.39 is 0 Å². The summed E-state index contributed by atoms with van der Waals surface area (Å²) in [6, 6.07) is 14.8. The first-order chi connectivity index (χ1) is 12.6. The molecule has 1 saturated heterocycles. The van der Waals surface area contributed by atoms with Gasteiger partial charge in [-0.25, -0.2) is 0 Å². The predicted octanol–water partition coefficient (Wildman–Crippen LogP) is 5.92. The molecule has 1 aliphatic rings. The molecule has 138 valence electrons. The van der Waals surface area contributed by atoms with Crippen LogP contribution in [0.2, 0.25) is 0 Å². The van der Waals surface area contributed by atoms with Crippen LogP contribution in [0.3, 0.4) is 0 Å². The number of aryl methyl sites for hydroxylation is 3. The van der Waals surface area contributed by atoms with Crippen molar-refractivity contribution < 1.29 is 4.79 Å². The molecule has 0 aliphatic carbocycles. The van der Waals surface area contributed by atoms with Crippen molar-refractivity contribution in [3.8, 4) is 0 Å². The Morgan fingerprint density at radius 2 is 1.88 bits per heavy atom. The van der Waals surface area contributed by atoms with Crippen LogP contribution in [-0.2, 0) is 6.42 Å². The van der Waals surface area contributed by atoms with Gasteiger partial charge in [-0.05, 0) is 55.5 Å². The topological polar surface area (TPSA) is 20.3 Å². The fraction of sp³-hybridized carbons (Fsp3) is 0.435. The first-order valence-electron chi connectivity index (χ1n) is 9.69. The van der Waals surface area contributed by atoms with Crippen LogP contribution in [0.15, 0.2) is 42.5 Å². The second-order valence-electron chi connectivity index (χ2n) is 7.24. The Morgan fingerprint density at radius 1 is 1.12 bits per heavy atom. The summed E-state index contributed by atoms with van der Waals surface area (Å²) in [5, 5.41) is 0.132. The van der Waals surface area contributed by atoms with Gasteiger partial charge in [0.1, 0.15) is 5.37 Å². The fourth-order valence-electron chi connectivity index (χ4n) is 3.60. The van der Waals surface area contributed by atoms with Gasteiger partial charge in [0.05, 0.1) is 0 Å². The highest BCUT2D eigenvalue weighted by molar-refractivity contribution is 7.99. The van der Waals surface area contributed by atoms with Crippen molar-refractivity contribution in [2.45, 2.75) is 51.8 Å². The van der Waals surface area contributed by atoms with E-state index in [-0.39, 0.29) is 11.3 Å². The van der Waals surface area contributed by atoms with Crippen LogP contribution in [0.5, 0.6) is 0 Å². The largest absolute Gasteiger partial charge is 0.322 e. The lowest BCUT2D eigenvalue weighted by atomic mass is 10.0. The van der Waals surface area contributed by atoms with Gasteiger partial charge in [0, 0.05) is 17.9 Å². The minimum atomic E-state index is 0.132. The molecule has 26 heavy (non-hydrogen) atoms. The number of carbonyl (C=O) groups is 1. The second-order valence-corrected chi connectivity index (χ2v) is 8.42. The molecule has 0 radical (unpaired) electrons. The second kappa shape index (κ2) is 8.77. The van der Waals surface area contributed by atoms with Gasteiger partial charge in [0.25, 0.3) is 5.91 Å². The van der Waals surface area contributed by atoms with Crippen molar-refractivity contribution in [1.29, 1.82) is 0 Å². The molecule has 1 atom stereocenters. The average molecular weight is 368 g/mol. The summed E-state index contributed by atoms with van der Waals surface area (Å²) in [4.78, 5) is 15.1. The summed E-state index contributed by atoms with van der Waals surface area (Å²) >= 11 is 1.87. The third kappa shape index (κ3) is 4.32. The molecule has 1 heterocycles. The van der Waals surface area contributed by atoms with Crippen LogP contribution in [0, 0.1) is 13.8 Å². The molecule has 0 N–H and O–H groups in total. The predicted molar refractivity (Wildman–Crippen MR) is 112 cm³/mol. The Kier molecular flexibility index (Phi) is 6.42. The highest BCUT2D eigenvalue weighted by Gasteiger charge is 2.32. The van der Waals surface area contributed by atoms with Crippen LogP contribution < -0.4 is 0 Å². The highest BCUT2D eigenvalue weighted by Crippen LogP contribution is 2.40. The van der Waals surface area contributed by atoms with E-state index >= 15 is 0 Å². The third-order valence-electron chi connectivity index (χ3n) is 5.11. The van der Waals surface area contributed by atoms with E-state index in [4.69, 9.17) is 0 Å². The number of unbranched alkanes of at least 4 members (excludes halogenated alkanes) is 2. The highest BCUT2D eigenvalue weighted by atomic mass is 32.2. The summed E-state index contributed by atoms with van der Waals surface area (Å²) in [7, 11) is 0. The Hall–Kier alpha value is -1.74. The van der Waals surface area contributed by atoms with Crippen molar-refractivity contribution in [1.82, 2.24) is 4.90 Å². The molecule has 3 rings (SSSR count). The van der Waals surface area contributed by atoms with Crippen LogP contribution in [0.1, 0.15) is 64.2 Å². The van der Waals surface area contributed by atoms with Gasteiger partial charge < -0.3 is 4.90 Å². The third-order valence-corrected chi connectivity index (χ3v) is 6.36. The molecule has 1 amide bonds. The number of benzene rings is 2. The van der Waals surface area contributed by atoms with E-state index in [0.717, 1.165) is 24.3 Å². The first-order valence-corrected chi connectivity index (χ1v) is 10.7. The van der Waals surface area contributed by atoms with E-state index in [1.54, 1.807) is 0 Å². The molecule has 2 aromatic rings. The Labute approximate surface area is 162 Å². The zero-order valence-electron chi connectivity index (χ0n) is 16.1. The summed E-state index contributed by atoms with van der Waals surface area (Å²) < 4.78 is 0. The van der Waals surface area contributed by atoms with Gasteiger partial charge in [-0.3, -0.25) is 4.79 Å². The van der Waals surface area contributed by atoms with Crippen molar-refractivity contribution >= 4 is 17.7 Å². The van der Waals surface area contributed by atoms with E-state index in [1.165, 1.54) is 41.5 Å². The molecular formula is C23H29NOS. The lowest BCUT2D eigenvalue weighted by Crippen LogP contribution is -2.30. The Bertz CT molecular complexity index is 753. The molecular weight excluding hydrogens is 338 g/mol. The molecule has 0 spiro atoms. The number of thioether (sulfide) groups is 1. The van der Waals surface area contributed by atoms with Gasteiger partial charge in [0.15, 0.2) is 0 Å². The first kappa shape index (κ1) is 19.0. The minimum Gasteiger partial charge on any atom is -0.322 e. The maximum atomic E-state index is 13.1. The zero-order chi connectivity index (χ0) is 18.5. The summed E-state index contributed by atoms with van der Waals surface area (Å²) in [5.41, 5.74) is 5.94. The fourth-order valence-corrected chi connectivity index (χ4v) is 4.95. The normalized spacial score (nSPS) is 16.9. The van der Waals surface area contributed by atoms with Crippen LogP contribution in [0.25, 0.3) is 0 Å². The van der Waals surface area contributed by atoms with Crippen LogP contribution >= 0.6 is 11.8 Å². The number of carbonyl (C=O) groups excluding carboxylic acids is 1. The van der Waals surface area contributed by atoms with E-state index in [0.29, 0.717) is 0 Å². The molecule has 1 aliphatic heterocycles. The number of rotatable bonds is 6. The van der Waals surface area contributed by atoms with E-state index in [1.807, 2.05) is 28.8 Å². The van der Waals surface area contributed by atoms with Gasteiger partial charge in [-0.1, -0.05) is 55.7 Å². The summed E-state index contributed by atoms with van der Waals surface area (Å²) in [6.07, 6.45) is 4.83. The smallest absolute Gasteiger partial charge is 0.255 e. The molecule has 3 heteroatoms. The van der Waals surface area contributed by atoms with Gasteiger partial charge in [-0.15, -0.1) is 11.8 Å². The molecule has 0 bridgehead atoms. The summed E-state index contributed by atoms with van der Waals surface area (Å²) in [6.45, 7) is 7.31. The zero-order valence-corrected chi connectivity index (χ0v) is 16.9. The molecule has 0 saturated carbocycles. The number of hydrogen-bond acceptors (Lipinski definition) is 2. The van der Waals surface area contributed by atoms with Crippen LogP contribution in [-0.4, -0.2) is 23.1 Å². The number of hydrogen-bond donors (Lipinski definition) is 0. The molecule has 1 fully saturated rings. The van der Waals surface area contributed by atoms with Crippen molar-refractivity contribution in [3.05, 3.63) is 70.3 Å². The Morgan fingerprint density at radius 3 is 2.58 bits per heavy atom. The van der Waals surface area contributed by atoms with Crippen molar-refractivity contribution in [3.63, 3.8) is 0 Å². The van der Waals surface area contributed by atoms with Crippen molar-refractivity contribution in [2.24, 2.45) is 0 Å². The standard InChI is InChI=1S/C23H29NOS/c1-4-5-6-7-19-9-11-20(12-10-19)22(25)24-14-15-26-23(24)21-13-8-17(2)16-18(21)3/h8-13,16,23H,4-7,14-15H2,1-3H3. The monoisotopic (exact) mass is 367 g/mol. The van der Waals surface area contributed by atoms with E-state index in [2.05, 4.69) is 51.1 Å². The molecule has 1 unspecified atom stereocenters. The molecule has 0 aromatic heterocycles. The quantitative estimate of drug-likeness (QED) is 0.590. The summed E-state index contributed by atoms with van der Waals surface area (Å²) in [5.74, 6) is 1.15. The number of nitrogens with zero attached hydrogens (tertiary/aromatic N) is 1. The average Bonchev–Trinajstić information content (AvgIpc) is 3.11. The molecule has 2 aromatic carbocycles. The van der Waals surface area contributed by atoms with Crippen molar-refractivity contribution in [2.75, 3.05) is 12.3 Å². The maximum absolute atomic E-state index is 13.1. The van der Waals surface area contributed by atoms with E-state index in [9.17, 15) is 4.79 Å². The van der Waals surface area contributed by atoms with Gasteiger partial charge in [0.2, 0.25) is 0 Å². The minimum absolute atomic E-state index is 0.132. The molecule has 2 nitrogen and oxygen atoms in total. The maximum Gasteiger partial charge on any atom is 0.255 e.